The molecule has 156 valence electrons. The summed E-state index contributed by atoms with van der Waals surface area (Å²) in [6.45, 7) is 5.80. The van der Waals surface area contributed by atoms with Crippen LogP contribution in [0.1, 0.15) is 48.8 Å². The second-order valence-corrected chi connectivity index (χ2v) is 9.89. The van der Waals surface area contributed by atoms with Crippen molar-refractivity contribution >= 4 is 11.8 Å². The Bertz CT molecular complexity index is 825. The van der Waals surface area contributed by atoms with E-state index in [1.807, 2.05) is 25.8 Å². The molecule has 4 rings (SSSR count). The van der Waals surface area contributed by atoms with Crippen LogP contribution in [0.15, 0.2) is 35.7 Å². The highest BCUT2D eigenvalue weighted by Gasteiger charge is 2.44. The average Bonchev–Trinajstić information content (AvgIpc) is 3.10. The molecule has 1 aliphatic heterocycles. The van der Waals surface area contributed by atoms with Crippen molar-refractivity contribution in [3.63, 3.8) is 0 Å². The van der Waals surface area contributed by atoms with Gasteiger partial charge in [0.1, 0.15) is 12.3 Å². The second-order valence-electron chi connectivity index (χ2n) is 9.12. The van der Waals surface area contributed by atoms with Gasteiger partial charge in [-0.25, -0.2) is 9.97 Å². The van der Waals surface area contributed by atoms with E-state index in [2.05, 4.69) is 35.1 Å². The third-order valence-corrected chi connectivity index (χ3v) is 7.58. The summed E-state index contributed by atoms with van der Waals surface area (Å²) in [7, 11) is 1.81. The number of ether oxygens (including phenoxy) is 1. The maximum absolute atomic E-state index is 5.72. The largest absolute Gasteiger partial charge is 0.496 e. The first kappa shape index (κ1) is 20.7. The lowest BCUT2D eigenvalue weighted by Gasteiger charge is -2.36. The number of methoxy groups -OCH3 is 1. The molecule has 2 aliphatic rings. The Morgan fingerprint density at radius 3 is 2.83 bits per heavy atom. The molecule has 1 aliphatic carbocycles. The number of hydrogen-bond donors (Lipinski definition) is 1. The molecule has 0 bridgehead atoms. The summed E-state index contributed by atoms with van der Waals surface area (Å²) in [6, 6.07) is 6.59. The molecule has 2 fully saturated rings. The van der Waals surface area contributed by atoms with Crippen LogP contribution in [-0.4, -0.2) is 36.4 Å². The van der Waals surface area contributed by atoms with Crippen LogP contribution in [0, 0.1) is 18.3 Å². The van der Waals surface area contributed by atoms with Crippen LogP contribution < -0.4 is 9.64 Å². The van der Waals surface area contributed by atoms with Crippen molar-refractivity contribution in [2.45, 2.75) is 57.1 Å². The molecular weight excluding hydrogens is 378 g/mol. The van der Waals surface area contributed by atoms with E-state index in [-0.39, 0.29) is 0 Å². The molecule has 5 heteroatoms. The zero-order chi connectivity index (χ0) is 20.3. The molecular formula is C24H34N3OS+. The van der Waals surface area contributed by atoms with Crippen LogP contribution in [0.25, 0.3) is 0 Å². The summed E-state index contributed by atoms with van der Waals surface area (Å²) in [5, 5.41) is 0.864. The fourth-order valence-electron chi connectivity index (χ4n) is 5.75. The lowest BCUT2D eigenvalue weighted by atomic mass is 9.67. The Morgan fingerprint density at radius 1 is 1.24 bits per heavy atom. The predicted molar refractivity (Wildman–Crippen MR) is 119 cm³/mol. The minimum absolute atomic E-state index is 0.537. The molecule has 2 aromatic rings. The number of rotatable bonds is 6. The summed E-state index contributed by atoms with van der Waals surface area (Å²) in [6.07, 6.45) is 14.1. The highest BCUT2D eigenvalue weighted by molar-refractivity contribution is 7.98. The number of thioether (sulfide) groups is 1. The minimum Gasteiger partial charge on any atom is -0.496 e. The topological polar surface area (TPSA) is 39.5 Å². The summed E-state index contributed by atoms with van der Waals surface area (Å²) < 4.78 is 5.72. The molecule has 1 aromatic heterocycles. The summed E-state index contributed by atoms with van der Waals surface area (Å²) >= 11 is 1.60. The number of para-hydroxylation sites is 1. The van der Waals surface area contributed by atoms with Gasteiger partial charge in [0.25, 0.3) is 0 Å². The van der Waals surface area contributed by atoms with Gasteiger partial charge >= 0.3 is 0 Å². The van der Waals surface area contributed by atoms with Crippen molar-refractivity contribution in [3.05, 3.63) is 47.3 Å². The van der Waals surface area contributed by atoms with E-state index in [9.17, 15) is 0 Å². The minimum atomic E-state index is 0.537. The van der Waals surface area contributed by atoms with Crippen LogP contribution in [0.4, 0.5) is 0 Å². The lowest BCUT2D eigenvalue weighted by Crippen LogP contribution is -3.09. The van der Waals surface area contributed by atoms with Gasteiger partial charge in [0, 0.05) is 29.8 Å². The van der Waals surface area contributed by atoms with E-state index in [0.29, 0.717) is 5.41 Å². The highest BCUT2D eigenvalue weighted by Crippen LogP contribution is 2.44. The van der Waals surface area contributed by atoms with Gasteiger partial charge in [-0.3, -0.25) is 0 Å². The Hall–Kier alpha value is -1.59. The van der Waals surface area contributed by atoms with E-state index in [0.717, 1.165) is 29.8 Å². The smallest absolute Gasteiger partial charge is 0.187 e. The number of nitrogens with one attached hydrogen (secondary N) is 1. The van der Waals surface area contributed by atoms with Crippen molar-refractivity contribution in [3.8, 4) is 5.75 Å². The van der Waals surface area contributed by atoms with Gasteiger partial charge in [-0.05, 0) is 49.5 Å². The second kappa shape index (κ2) is 9.05. The molecule has 3 atom stereocenters. The molecule has 29 heavy (non-hydrogen) atoms. The van der Waals surface area contributed by atoms with Crippen LogP contribution in [-0.2, 0) is 13.0 Å². The number of nitrogens with zero attached hydrogens (tertiary/aromatic N) is 2. The van der Waals surface area contributed by atoms with Crippen LogP contribution >= 0.6 is 11.8 Å². The van der Waals surface area contributed by atoms with Crippen molar-refractivity contribution < 1.29 is 9.64 Å². The monoisotopic (exact) mass is 412 g/mol. The maximum Gasteiger partial charge on any atom is 0.187 e. The molecule has 1 saturated carbocycles. The first-order chi connectivity index (χ1) is 14.1. The number of quaternary nitrogens is 1. The van der Waals surface area contributed by atoms with Gasteiger partial charge in [-0.1, -0.05) is 42.8 Å². The molecule has 4 nitrogen and oxygen atoms in total. The molecule has 1 spiro atoms. The van der Waals surface area contributed by atoms with Crippen LogP contribution in [0.2, 0.25) is 0 Å². The Labute approximate surface area is 179 Å². The Balaban J connectivity index is 1.38. The normalized spacial score (nSPS) is 26.7. The third-order valence-electron chi connectivity index (χ3n) is 7.00. The zero-order valence-electron chi connectivity index (χ0n) is 18.0. The maximum atomic E-state index is 5.72. The van der Waals surface area contributed by atoms with Gasteiger partial charge in [0.15, 0.2) is 5.16 Å². The van der Waals surface area contributed by atoms with E-state index < -0.39 is 0 Å². The molecule has 0 radical (unpaired) electrons. The number of hydrogen-bond acceptors (Lipinski definition) is 4. The highest BCUT2D eigenvalue weighted by atomic mass is 32.2. The Kier molecular flexibility index (Phi) is 6.45. The summed E-state index contributed by atoms with van der Waals surface area (Å²) in [5.41, 5.74) is 4.45. The lowest BCUT2D eigenvalue weighted by molar-refractivity contribution is -0.904. The van der Waals surface area contributed by atoms with Crippen LogP contribution in [0.5, 0.6) is 5.75 Å². The van der Waals surface area contributed by atoms with Gasteiger partial charge in [-0.15, -0.1) is 0 Å². The predicted octanol–water partition coefficient (Wildman–Crippen LogP) is 3.72. The van der Waals surface area contributed by atoms with Crippen molar-refractivity contribution in [1.82, 2.24) is 9.97 Å². The van der Waals surface area contributed by atoms with E-state index in [1.165, 1.54) is 61.9 Å². The van der Waals surface area contributed by atoms with E-state index in [1.54, 1.807) is 16.7 Å². The molecule has 3 unspecified atom stereocenters. The SMILES string of the molecule is COc1c(C)cccc1CC1CCCC2(CC[NH+](Cc3cnc(SC)nc3)C2)C1. The molecule has 1 aromatic carbocycles. The number of benzene rings is 1. The van der Waals surface area contributed by atoms with E-state index in [4.69, 9.17) is 4.74 Å². The number of likely N-dealkylation sites (tertiary alicyclic amines) is 1. The fourth-order valence-corrected chi connectivity index (χ4v) is 6.07. The third kappa shape index (κ3) is 4.77. The van der Waals surface area contributed by atoms with Crippen molar-refractivity contribution in [2.75, 3.05) is 26.5 Å². The zero-order valence-corrected chi connectivity index (χ0v) is 18.9. The first-order valence-corrected chi connectivity index (χ1v) is 12.1. The average molecular weight is 413 g/mol. The summed E-state index contributed by atoms with van der Waals surface area (Å²) in [5.74, 6) is 1.88. The van der Waals surface area contributed by atoms with Crippen molar-refractivity contribution in [1.29, 1.82) is 0 Å². The Morgan fingerprint density at radius 2 is 2.07 bits per heavy atom. The van der Waals surface area contributed by atoms with Crippen LogP contribution in [0.3, 0.4) is 0 Å². The standard InChI is InChI=1S/C24H33N3OS/c1-18-6-4-8-21(22(18)28-2)12-19-7-5-9-24(13-19)10-11-27(17-24)16-20-14-25-23(29-3)26-15-20/h4,6,8,14-15,19H,5,7,9-13,16-17H2,1-3H3/p+1. The quantitative estimate of drug-likeness (QED) is 0.580. The first-order valence-electron chi connectivity index (χ1n) is 10.9. The van der Waals surface area contributed by atoms with Gasteiger partial charge < -0.3 is 9.64 Å². The molecule has 2 heterocycles. The van der Waals surface area contributed by atoms with E-state index >= 15 is 0 Å². The summed E-state index contributed by atoms with van der Waals surface area (Å²) in [4.78, 5) is 10.6. The molecule has 0 amide bonds. The van der Waals surface area contributed by atoms with Crippen molar-refractivity contribution in [2.24, 2.45) is 11.3 Å². The van der Waals surface area contributed by atoms with Gasteiger partial charge in [0.2, 0.25) is 0 Å². The fraction of sp³-hybridized carbons (Fsp3) is 0.583. The van der Waals surface area contributed by atoms with Gasteiger partial charge in [0.05, 0.1) is 20.2 Å². The number of aromatic nitrogens is 2. The molecule has 1 saturated heterocycles. The molecule has 1 N–H and O–H groups in total. The van der Waals surface area contributed by atoms with Gasteiger partial charge in [-0.2, -0.15) is 0 Å². The number of aryl methyl sites for hydroxylation is 1.